The molecule has 0 bridgehead atoms. The summed E-state index contributed by atoms with van der Waals surface area (Å²) in [4.78, 5) is 61.3. The fraction of sp³-hybridized carbons (Fsp3) is 0.344. The van der Waals surface area contributed by atoms with Gasteiger partial charge >= 0.3 is 25.1 Å². The van der Waals surface area contributed by atoms with E-state index in [-0.39, 0.29) is 31.1 Å². The molecule has 3 aromatic rings. The van der Waals surface area contributed by atoms with E-state index in [9.17, 15) is 48.3 Å². The number of carbonyl (C=O) groups excluding carboxylic acids is 3. The van der Waals surface area contributed by atoms with Crippen LogP contribution >= 0.6 is 11.6 Å². The Kier molecular flexibility index (Phi) is 10.3. The molecule has 0 unspecified atom stereocenters. The molecule has 6 rings (SSSR count). The van der Waals surface area contributed by atoms with Crippen LogP contribution in [-0.2, 0) is 17.8 Å². The van der Waals surface area contributed by atoms with Gasteiger partial charge in [0.15, 0.2) is 17.3 Å². The molecule has 2 fully saturated rings. The first-order valence-electron chi connectivity index (χ1n) is 16.1. The van der Waals surface area contributed by atoms with Crippen LogP contribution in [-0.4, -0.2) is 109 Å². The van der Waals surface area contributed by atoms with Gasteiger partial charge in [-0.2, -0.15) is 0 Å². The molecule has 3 aliphatic rings. The van der Waals surface area contributed by atoms with E-state index in [1.54, 1.807) is 17.2 Å². The second kappa shape index (κ2) is 14.7. The van der Waals surface area contributed by atoms with E-state index in [0.717, 1.165) is 16.5 Å². The first-order valence-corrected chi connectivity index (χ1v) is 16.5. The molecule has 274 valence electrons. The number of urea groups is 2. The zero-order valence-electron chi connectivity index (χ0n) is 27.3. The van der Waals surface area contributed by atoms with E-state index in [4.69, 9.17) is 22.0 Å². The number of nitrogens with zero attached hydrogens (tertiary/aromatic N) is 4. The number of aromatic nitrogens is 1. The largest absolute Gasteiger partial charge is 0.547 e. The first kappa shape index (κ1) is 36.4. The van der Waals surface area contributed by atoms with Crippen LogP contribution in [0.2, 0.25) is 5.02 Å². The van der Waals surface area contributed by atoms with Gasteiger partial charge in [-0.25, -0.2) is 33.0 Å². The summed E-state index contributed by atoms with van der Waals surface area (Å²) in [6.07, 6.45) is 2.71. The number of phenolic OH excluding ortho intramolecular Hbond substituents is 2. The molecule has 2 aromatic carbocycles. The number of hydrogen-bond acceptors (Lipinski definition) is 11. The molecule has 20 heteroatoms. The van der Waals surface area contributed by atoms with Crippen molar-refractivity contribution >= 4 is 48.5 Å². The summed E-state index contributed by atoms with van der Waals surface area (Å²) in [5.41, 5.74) is 5.46. The summed E-state index contributed by atoms with van der Waals surface area (Å²) in [7, 11) is -1.91. The quantitative estimate of drug-likeness (QED) is 0.130. The fourth-order valence-electron chi connectivity index (χ4n) is 6.60. The minimum atomic E-state index is -1.91. The highest BCUT2D eigenvalue weighted by Gasteiger charge is 2.43. The standard InChI is InChI=1S/C32H33BClF2N7O9/c34-24-18(12-20(36)26(44)27(24)45)25(29(46)39-21-11-16-2-3-19(35)23(30(47)48)28(16)52-33(21)51)40-31(49)43-10-9-42(32(43)50)17-5-7-41(8-6-17)14-15-1-4-22(37)38-13-15/h1-4,12-13,17,21,25,44-45,51H,5-11,14H2,(H2,37,38)(H,39,46)(H,40,49)(H,47,48)/t21-,25+/m0/s1. The van der Waals surface area contributed by atoms with Crippen LogP contribution in [0.1, 0.15) is 45.9 Å². The van der Waals surface area contributed by atoms with E-state index < -0.39 is 88.1 Å². The van der Waals surface area contributed by atoms with Crippen molar-refractivity contribution in [2.45, 2.75) is 43.8 Å². The van der Waals surface area contributed by atoms with Gasteiger partial charge < -0.3 is 46.3 Å². The summed E-state index contributed by atoms with van der Waals surface area (Å²) in [5, 5.41) is 44.3. The molecule has 3 aliphatic heterocycles. The molecular weight excluding hydrogens is 711 g/mol. The second-order valence-electron chi connectivity index (χ2n) is 12.6. The maximum absolute atomic E-state index is 14.7. The average molecular weight is 744 g/mol. The van der Waals surface area contributed by atoms with Gasteiger partial charge in [-0.1, -0.05) is 23.7 Å². The minimum Gasteiger partial charge on any atom is -0.534 e. The first-order chi connectivity index (χ1) is 24.7. The molecular formula is C32H33BClF2N7O9. The Labute approximate surface area is 299 Å². The van der Waals surface area contributed by atoms with Crippen LogP contribution in [0.25, 0.3) is 0 Å². The van der Waals surface area contributed by atoms with Crippen LogP contribution in [0, 0.1) is 11.6 Å². The van der Waals surface area contributed by atoms with Crippen molar-refractivity contribution in [3.63, 3.8) is 0 Å². The third kappa shape index (κ3) is 7.19. The molecule has 5 amide bonds. The molecule has 16 nitrogen and oxygen atoms in total. The molecule has 8 N–H and O–H groups in total. The number of aromatic hydroxyl groups is 2. The number of nitrogens with one attached hydrogen (secondary N) is 2. The van der Waals surface area contributed by atoms with Crippen molar-refractivity contribution in [3.8, 4) is 17.2 Å². The number of benzene rings is 2. The zero-order chi connectivity index (χ0) is 37.4. The topological polar surface area (TPSA) is 231 Å². The predicted molar refractivity (Wildman–Crippen MR) is 179 cm³/mol. The molecule has 1 aromatic heterocycles. The summed E-state index contributed by atoms with van der Waals surface area (Å²) in [6, 6.07) is 2.55. The van der Waals surface area contributed by atoms with Crippen molar-refractivity contribution in [3.05, 3.63) is 75.4 Å². The number of amides is 5. The Morgan fingerprint density at radius 1 is 1.08 bits per heavy atom. The number of hydrogen-bond donors (Lipinski definition) is 7. The monoisotopic (exact) mass is 743 g/mol. The maximum atomic E-state index is 14.7. The lowest BCUT2D eigenvalue weighted by molar-refractivity contribution is -0.123. The fourth-order valence-corrected chi connectivity index (χ4v) is 6.85. The number of halogens is 3. The number of carboxylic acids is 1. The van der Waals surface area contributed by atoms with Gasteiger partial charge in [0.1, 0.15) is 29.0 Å². The number of likely N-dealkylation sites (tertiary alicyclic amines) is 1. The summed E-state index contributed by atoms with van der Waals surface area (Å²) in [6.45, 7) is 2.16. The molecule has 0 radical (unpaired) electrons. The number of carboxylic acid groups (broad SMARTS) is 1. The summed E-state index contributed by atoms with van der Waals surface area (Å²) in [5.74, 6) is -8.93. The Bertz CT molecular complexity index is 1920. The van der Waals surface area contributed by atoms with E-state index >= 15 is 0 Å². The number of fused-ring (bicyclic) bond motifs is 1. The van der Waals surface area contributed by atoms with E-state index in [1.165, 1.54) is 6.07 Å². The van der Waals surface area contributed by atoms with Gasteiger partial charge in [0.05, 0.1) is 11.0 Å². The molecule has 2 saturated heterocycles. The van der Waals surface area contributed by atoms with Gasteiger partial charge in [0.25, 0.3) is 0 Å². The van der Waals surface area contributed by atoms with Crippen LogP contribution in [0.15, 0.2) is 36.5 Å². The van der Waals surface area contributed by atoms with Gasteiger partial charge in [0.2, 0.25) is 5.91 Å². The number of imide groups is 1. The molecule has 0 saturated carbocycles. The lowest BCUT2D eigenvalue weighted by Gasteiger charge is -2.36. The Morgan fingerprint density at radius 2 is 1.81 bits per heavy atom. The van der Waals surface area contributed by atoms with Crippen molar-refractivity contribution in [2.24, 2.45) is 0 Å². The number of phenols is 2. The van der Waals surface area contributed by atoms with E-state index in [2.05, 4.69) is 20.5 Å². The van der Waals surface area contributed by atoms with Crippen molar-refractivity contribution in [2.75, 3.05) is 31.9 Å². The van der Waals surface area contributed by atoms with Gasteiger partial charge in [-0.05, 0) is 48.6 Å². The Morgan fingerprint density at radius 3 is 2.48 bits per heavy atom. The predicted octanol–water partition coefficient (Wildman–Crippen LogP) is 2.00. The van der Waals surface area contributed by atoms with Crippen LogP contribution < -0.4 is 21.0 Å². The minimum absolute atomic E-state index is 0.0479. The van der Waals surface area contributed by atoms with Crippen LogP contribution in [0.5, 0.6) is 17.2 Å². The number of carbonyl (C=O) groups is 4. The number of rotatable bonds is 8. The Balaban J connectivity index is 1.16. The van der Waals surface area contributed by atoms with Crippen molar-refractivity contribution in [1.29, 1.82) is 0 Å². The number of nitrogens with two attached hydrogens (primary N) is 1. The lowest BCUT2D eigenvalue weighted by Crippen LogP contribution is -2.56. The smallest absolute Gasteiger partial charge is 0.534 e. The second-order valence-corrected chi connectivity index (χ2v) is 13.0. The average Bonchev–Trinajstić information content (AvgIpc) is 3.50. The summed E-state index contributed by atoms with van der Waals surface area (Å²) >= 11 is 6.20. The molecule has 4 heterocycles. The molecule has 0 spiro atoms. The SMILES string of the molecule is Nc1ccc(CN2CCC(N3CCN(C(=O)N[C@@H](C(=O)N[C@H]4Cc5ccc(F)c(C(=O)O)c5OB4O)c4cc(F)c(O)c(O)c4Cl)C3=O)CC2)cn1. The number of aromatic carboxylic acids is 1. The van der Waals surface area contributed by atoms with Gasteiger partial charge in [-0.15, -0.1) is 0 Å². The molecule has 52 heavy (non-hydrogen) atoms. The van der Waals surface area contributed by atoms with Gasteiger partial charge in [0, 0.05) is 50.5 Å². The van der Waals surface area contributed by atoms with E-state index in [1.807, 2.05) is 6.07 Å². The number of pyridine rings is 1. The highest BCUT2D eigenvalue weighted by atomic mass is 35.5. The number of piperidine rings is 1. The van der Waals surface area contributed by atoms with Crippen molar-refractivity contribution in [1.82, 2.24) is 30.3 Å². The van der Waals surface area contributed by atoms with Crippen LogP contribution in [0.4, 0.5) is 24.2 Å². The summed E-state index contributed by atoms with van der Waals surface area (Å²) < 4.78 is 34.1. The van der Waals surface area contributed by atoms with E-state index in [0.29, 0.717) is 44.4 Å². The lowest BCUT2D eigenvalue weighted by atomic mass is 9.72. The highest BCUT2D eigenvalue weighted by Crippen LogP contribution is 2.41. The van der Waals surface area contributed by atoms with Gasteiger partial charge in [-0.3, -0.25) is 9.69 Å². The Hall–Kier alpha value is -5.40. The molecule has 2 atom stereocenters. The normalized spacial score (nSPS) is 18.5. The number of nitrogen functional groups attached to an aromatic ring is 1. The highest BCUT2D eigenvalue weighted by molar-refractivity contribution is 6.47. The zero-order valence-corrected chi connectivity index (χ0v) is 28.0. The third-order valence-electron chi connectivity index (χ3n) is 9.33. The van der Waals surface area contributed by atoms with Crippen LogP contribution in [0.3, 0.4) is 0 Å². The maximum Gasteiger partial charge on any atom is 0.547 e. The third-order valence-corrected chi connectivity index (χ3v) is 9.72. The number of anilines is 1. The van der Waals surface area contributed by atoms with Crippen molar-refractivity contribution < 1.29 is 53.0 Å². The molecule has 0 aliphatic carbocycles.